The van der Waals surface area contributed by atoms with Crippen molar-refractivity contribution in [2.24, 2.45) is 0 Å². The van der Waals surface area contributed by atoms with E-state index in [1.165, 1.54) is 52.8 Å². The van der Waals surface area contributed by atoms with Gasteiger partial charge in [0.05, 0.1) is 11.4 Å². The highest BCUT2D eigenvalue weighted by atomic mass is 32.2. The number of carboxylic acids is 1. The van der Waals surface area contributed by atoms with Crippen LogP contribution in [0, 0.1) is 5.82 Å². The Morgan fingerprint density at radius 1 is 1.00 bits per heavy atom. The van der Waals surface area contributed by atoms with Crippen LogP contribution in [-0.2, 0) is 19.6 Å². The first-order valence-corrected chi connectivity index (χ1v) is 10.9. The number of nitrogens with zero attached hydrogens (tertiary/aromatic N) is 2. The standard InChI is InChI=1S/C20H22FN3O6S/c21-15-1-3-16(4-2-15)22-19(25)13-23-9-11-24(12-10-23)31(28,29)18-7-5-17(6-8-18)30-14-20(26)27/h1-8H,9-14H2,(H,22,25)(H,26,27). The fraction of sp³-hybridized carbons (Fsp3) is 0.300. The van der Waals surface area contributed by atoms with Crippen LogP contribution in [0.15, 0.2) is 53.4 Å². The minimum atomic E-state index is -3.72. The maximum absolute atomic E-state index is 12.9. The summed E-state index contributed by atoms with van der Waals surface area (Å²) in [6.07, 6.45) is 0. The molecule has 3 rings (SSSR count). The smallest absolute Gasteiger partial charge is 0.341 e. The second-order valence-electron chi connectivity index (χ2n) is 6.89. The van der Waals surface area contributed by atoms with E-state index in [2.05, 4.69) is 5.32 Å². The van der Waals surface area contributed by atoms with Gasteiger partial charge in [0.1, 0.15) is 11.6 Å². The second-order valence-corrected chi connectivity index (χ2v) is 8.83. The largest absolute Gasteiger partial charge is 0.482 e. The highest BCUT2D eigenvalue weighted by Crippen LogP contribution is 2.21. The zero-order valence-electron chi connectivity index (χ0n) is 16.5. The number of hydrogen-bond acceptors (Lipinski definition) is 6. The SMILES string of the molecule is O=C(O)COc1ccc(S(=O)(=O)N2CCN(CC(=O)Nc3ccc(F)cc3)CC2)cc1. The highest BCUT2D eigenvalue weighted by Gasteiger charge is 2.29. The highest BCUT2D eigenvalue weighted by molar-refractivity contribution is 7.89. The van der Waals surface area contributed by atoms with E-state index in [1.807, 2.05) is 4.90 Å². The number of nitrogens with one attached hydrogen (secondary N) is 1. The average Bonchev–Trinajstić information content (AvgIpc) is 2.74. The van der Waals surface area contributed by atoms with Gasteiger partial charge >= 0.3 is 5.97 Å². The third-order valence-corrected chi connectivity index (χ3v) is 6.56. The van der Waals surface area contributed by atoms with Crippen LogP contribution in [0.2, 0.25) is 0 Å². The Bertz CT molecular complexity index is 1020. The molecule has 0 aromatic heterocycles. The molecular weight excluding hydrogens is 429 g/mol. The molecule has 0 atom stereocenters. The van der Waals surface area contributed by atoms with Crippen molar-refractivity contribution in [1.82, 2.24) is 9.21 Å². The summed E-state index contributed by atoms with van der Waals surface area (Å²) in [4.78, 5) is 24.6. The van der Waals surface area contributed by atoms with Gasteiger partial charge in [0, 0.05) is 31.9 Å². The first-order valence-electron chi connectivity index (χ1n) is 9.46. The van der Waals surface area contributed by atoms with E-state index in [-0.39, 0.29) is 36.2 Å². The topological polar surface area (TPSA) is 116 Å². The fourth-order valence-electron chi connectivity index (χ4n) is 3.07. The predicted octanol–water partition coefficient (Wildman–Crippen LogP) is 1.23. The zero-order chi connectivity index (χ0) is 22.4. The van der Waals surface area contributed by atoms with Gasteiger partial charge in [0.25, 0.3) is 0 Å². The molecule has 1 amide bonds. The Labute approximate surface area is 179 Å². The molecule has 1 heterocycles. The van der Waals surface area contributed by atoms with Crippen LogP contribution in [-0.4, -0.2) is 73.9 Å². The van der Waals surface area contributed by atoms with E-state index in [1.54, 1.807) is 0 Å². The van der Waals surface area contributed by atoms with Gasteiger partial charge < -0.3 is 15.2 Å². The van der Waals surface area contributed by atoms with Crippen LogP contribution in [0.4, 0.5) is 10.1 Å². The van der Waals surface area contributed by atoms with Gasteiger partial charge in [0.2, 0.25) is 15.9 Å². The molecule has 9 nitrogen and oxygen atoms in total. The monoisotopic (exact) mass is 451 g/mol. The van der Waals surface area contributed by atoms with Crippen LogP contribution < -0.4 is 10.1 Å². The van der Waals surface area contributed by atoms with E-state index < -0.39 is 28.4 Å². The summed E-state index contributed by atoms with van der Waals surface area (Å²) in [5.41, 5.74) is 0.489. The van der Waals surface area contributed by atoms with Crippen LogP contribution in [0.3, 0.4) is 0 Å². The molecule has 31 heavy (non-hydrogen) atoms. The van der Waals surface area contributed by atoms with E-state index in [0.29, 0.717) is 18.8 Å². The van der Waals surface area contributed by atoms with Crippen molar-refractivity contribution in [1.29, 1.82) is 0 Å². The summed E-state index contributed by atoms with van der Waals surface area (Å²) in [7, 11) is -3.72. The van der Waals surface area contributed by atoms with Crippen molar-refractivity contribution in [2.75, 3.05) is 44.6 Å². The summed E-state index contributed by atoms with van der Waals surface area (Å²) >= 11 is 0. The number of amides is 1. The summed E-state index contributed by atoms with van der Waals surface area (Å²) in [5, 5.41) is 11.3. The lowest BCUT2D eigenvalue weighted by atomic mass is 10.3. The van der Waals surface area contributed by atoms with E-state index in [0.717, 1.165) is 0 Å². The van der Waals surface area contributed by atoms with Gasteiger partial charge in [-0.15, -0.1) is 0 Å². The summed E-state index contributed by atoms with van der Waals surface area (Å²) < 4.78 is 44.9. The molecule has 0 saturated carbocycles. The first kappa shape index (κ1) is 22.7. The van der Waals surface area contributed by atoms with Gasteiger partial charge in [0.15, 0.2) is 6.61 Å². The van der Waals surface area contributed by atoms with Gasteiger partial charge in [-0.3, -0.25) is 9.69 Å². The maximum Gasteiger partial charge on any atom is 0.341 e. The molecule has 0 aliphatic carbocycles. The lowest BCUT2D eigenvalue weighted by Gasteiger charge is -2.33. The van der Waals surface area contributed by atoms with Crippen molar-refractivity contribution in [2.45, 2.75) is 4.90 Å². The Balaban J connectivity index is 1.51. The molecule has 166 valence electrons. The number of carbonyl (C=O) groups is 2. The van der Waals surface area contributed by atoms with Crippen molar-refractivity contribution in [3.8, 4) is 5.75 Å². The minimum absolute atomic E-state index is 0.0812. The number of carboxylic acid groups (broad SMARTS) is 1. The van der Waals surface area contributed by atoms with Gasteiger partial charge in [-0.25, -0.2) is 17.6 Å². The van der Waals surface area contributed by atoms with Crippen LogP contribution in [0.5, 0.6) is 5.75 Å². The van der Waals surface area contributed by atoms with Crippen LogP contribution >= 0.6 is 0 Å². The molecule has 1 fully saturated rings. The zero-order valence-corrected chi connectivity index (χ0v) is 17.3. The molecule has 1 aliphatic rings. The Morgan fingerprint density at radius 3 is 2.19 bits per heavy atom. The Hall–Kier alpha value is -3.02. The number of aliphatic carboxylic acids is 1. The number of ether oxygens (including phenoxy) is 1. The average molecular weight is 451 g/mol. The molecule has 0 radical (unpaired) electrons. The summed E-state index contributed by atoms with van der Waals surface area (Å²) in [6.45, 7) is 0.808. The van der Waals surface area contributed by atoms with E-state index >= 15 is 0 Å². The van der Waals surface area contributed by atoms with Gasteiger partial charge in [-0.05, 0) is 48.5 Å². The van der Waals surface area contributed by atoms with Crippen molar-refractivity contribution >= 4 is 27.6 Å². The molecular formula is C20H22FN3O6S. The molecule has 0 spiro atoms. The second kappa shape index (κ2) is 9.86. The van der Waals surface area contributed by atoms with Gasteiger partial charge in [-0.2, -0.15) is 4.31 Å². The minimum Gasteiger partial charge on any atom is -0.482 e. The fourth-order valence-corrected chi connectivity index (χ4v) is 4.49. The van der Waals surface area contributed by atoms with Gasteiger partial charge in [-0.1, -0.05) is 0 Å². The Kier molecular flexibility index (Phi) is 7.21. The molecule has 2 aromatic carbocycles. The van der Waals surface area contributed by atoms with E-state index in [4.69, 9.17) is 9.84 Å². The predicted molar refractivity (Wildman–Crippen MR) is 110 cm³/mol. The molecule has 2 N–H and O–H groups in total. The van der Waals surface area contributed by atoms with Crippen LogP contribution in [0.1, 0.15) is 0 Å². The molecule has 2 aromatic rings. The van der Waals surface area contributed by atoms with Crippen molar-refractivity contribution in [3.63, 3.8) is 0 Å². The Morgan fingerprint density at radius 2 is 1.61 bits per heavy atom. The molecule has 0 unspecified atom stereocenters. The van der Waals surface area contributed by atoms with Crippen molar-refractivity contribution in [3.05, 3.63) is 54.3 Å². The maximum atomic E-state index is 12.9. The van der Waals surface area contributed by atoms with E-state index in [9.17, 15) is 22.4 Å². The molecule has 1 aliphatic heterocycles. The number of hydrogen-bond donors (Lipinski definition) is 2. The normalized spacial score (nSPS) is 15.4. The third kappa shape index (κ3) is 6.23. The van der Waals surface area contributed by atoms with Crippen molar-refractivity contribution < 1.29 is 32.2 Å². The summed E-state index contributed by atoms with van der Waals surface area (Å²) in [6, 6.07) is 11.0. The molecule has 1 saturated heterocycles. The number of piperazine rings is 1. The van der Waals surface area contributed by atoms with Crippen LogP contribution in [0.25, 0.3) is 0 Å². The molecule has 11 heteroatoms. The number of carbonyl (C=O) groups excluding carboxylic acids is 1. The number of benzene rings is 2. The number of anilines is 1. The first-order chi connectivity index (χ1) is 14.7. The number of sulfonamides is 1. The lowest BCUT2D eigenvalue weighted by Crippen LogP contribution is -2.50. The number of halogens is 1. The molecule has 0 bridgehead atoms. The number of rotatable bonds is 8. The lowest BCUT2D eigenvalue weighted by molar-refractivity contribution is -0.139. The summed E-state index contributed by atoms with van der Waals surface area (Å²) in [5.74, 6) is -1.52. The quantitative estimate of drug-likeness (QED) is 0.620. The third-order valence-electron chi connectivity index (χ3n) is 4.65.